The van der Waals surface area contributed by atoms with Crippen molar-refractivity contribution < 1.29 is 9.53 Å². The van der Waals surface area contributed by atoms with Crippen LogP contribution in [0.2, 0.25) is 0 Å². The second-order valence-electron chi connectivity index (χ2n) is 8.00. The number of carbonyl (C=O) groups is 1. The van der Waals surface area contributed by atoms with Gasteiger partial charge in [-0.05, 0) is 37.1 Å². The van der Waals surface area contributed by atoms with Crippen LogP contribution >= 0.6 is 0 Å². The lowest BCUT2D eigenvalue weighted by atomic mass is 10.1. The van der Waals surface area contributed by atoms with Gasteiger partial charge in [0, 0.05) is 32.4 Å². The van der Waals surface area contributed by atoms with Gasteiger partial charge in [0.1, 0.15) is 0 Å². The Morgan fingerprint density at radius 3 is 2.52 bits per heavy atom. The lowest BCUT2D eigenvalue weighted by Gasteiger charge is -2.31. The molecule has 1 fully saturated rings. The van der Waals surface area contributed by atoms with Crippen molar-refractivity contribution in [3.05, 3.63) is 77.1 Å². The third kappa shape index (κ3) is 4.49. The van der Waals surface area contributed by atoms with E-state index in [1.807, 2.05) is 29.9 Å². The quantitative estimate of drug-likeness (QED) is 0.610. The molecule has 0 atom stereocenters. The summed E-state index contributed by atoms with van der Waals surface area (Å²) >= 11 is 0. The van der Waals surface area contributed by atoms with Gasteiger partial charge in [0.25, 0.3) is 5.91 Å². The van der Waals surface area contributed by atoms with Gasteiger partial charge in [-0.2, -0.15) is 5.10 Å². The average molecular weight is 419 g/mol. The van der Waals surface area contributed by atoms with Crippen LogP contribution in [0.3, 0.4) is 0 Å². The predicted octanol–water partition coefficient (Wildman–Crippen LogP) is 3.85. The van der Waals surface area contributed by atoms with Crippen LogP contribution < -0.4 is 4.90 Å². The first kappa shape index (κ1) is 21.1. The molecule has 2 aromatic carbocycles. The summed E-state index contributed by atoms with van der Waals surface area (Å²) < 4.78 is 7.37. The van der Waals surface area contributed by atoms with Gasteiger partial charge < -0.3 is 14.5 Å². The second kappa shape index (κ2) is 9.35. The van der Waals surface area contributed by atoms with Crippen LogP contribution in [-0.2, 0) is 17.7 Å². The number of nitrogens with zero attached hydrogens (tertiary/aromatic N) is 4. The van der Waals surface area contributed by atoms with Crippen molar-refractivity contribution >= 4 is 11.6 Å². The molecule has 1 aliphatic rings. The van der Waals surface area contributed by atoms with Gasteiger partial charge in [-0.3, -0.25) is 4.79 Å². The first-order valence-electron chi connectivity index (χ1n) is 10.9. The van der Waals surface area contributed by atoms with Crippen LogP contribution in [0, 0.1) is 6.92 Å². The highest BCUT2D eigenvalue weighted by Gasteiger charge is 2.22. The van der Waals surface area contributed by atoms with Crippen molar-refractivity contribution in [2.24, 2.45) is 0 Å². The number of aryl methyl sites for hydroxylation is 1. The fourth-order valence-electron chi connectivity index (χ4n) is 4.09. The molecule has 0 N–H and O–H groups in total. The molecule has 0 aliphatic carbocycles. The van der Waals surface area contributed by atoms with Gasteiger partial charge in [-0.1, -0.05) is 42.8 Å². The minimum absolute atomic E-state index is 0.00741. The normalized spacial score (nSPS) is 14.0. The van der Waals surface area contributed by atoms with Crippen LogP contribution in [0.5, 0.6) is 0 Å². The number of aromatic nitrogens is 2. The van der Waals surface area contributed by atoms with E-state index >= 15 is 0 Å². The standard InChI is InChI=1S/C25H30N4O2/c1-4-23-22(17-26-29(23)21-11-9-19(2)10-12-21)25(30)27(3)18-20-7-5-6-8-24(20)28-13-15-31-16-14-28/h5-12,17H,4,13-16,18H2,1-3H3. The van der Waals surface area contributed by atoms with Crippen molar-refractivity contribution in [1.29, 1.82) is 0 Å². The SMILES string of the molecule is CCc1c(C(=O)N(C)Cc2ccccc2N2CCOCC2)cnn1-c1ccc(C)cc1. The number of hydrogen-bond acceptors (Lipinski definition) is 4. The largest absolute Gasteiger partial charge is 0.378 e. The summed E-state index contributed by atoms with van der Waals surface area (Å²) in [7, 11) is 1.86. The molecule has 4 rings (SSSR count). The molecule has 31 heavy (non-hydrogen) atoms. The molecule has 1 aliphatic heterocycles. The summed E-state index contributed by atoms with van der Waals surface area (Å²) in [6, 6.07) is 16.5. The predicted molar refractivity (Wildman–Crippen MR) is 123 cm³/mol. The molecule has 6 heteroatoms. The molecule has 0 saturated carbocycles. The Morgan fingerprint density at radius 1 is 1.10 bits per heavy atom. The molecule has 1 amide bonds. The zero-order chi connectivity index (χ0) is 21.8. The number of rotatable bonds is 6. The van der Waals surface area contributed by atoms with E-state index in [4.69, 9.17) is 4.74 Å². The molecule has 0 unspecified atom stereocenters. The molecule has 6 nitrogen and oxygen atoms in total. The van der Waals surface area contributed by atoms with Crippen molar-refractivity contribution in [1.82, 2.24) is 14.7 Å². The van der Waals surface area contributed by atoms with Crippen molar-refractivity contribution in [2.45, 2.75) is 26.8 Å². The highest BCUT2D eigenvalue weighted by molar-refractivity contribution is 5.95. The zero-order valence-corrected chi connectivity index (χ0v) is 18.5. The topological polar surface area (TPSA) is 50.6 Å². The monoisotopic (exact) mass is 418 g/mol. The number of hydrogen-bond donors (Lipinski definition) is 0. The number of para-hydroxylation sites is 1. The van der Waals surface area contributed by atoms with Crippen LogP contribution in [0.4, 0.5) is 5.69 Å². The Hall–Kier alpha value is -3.12. The molecule has 1 saturated heterocycles. The maximum atomic E-state index is 13.4. The molecular weight excluding hydrogens is 388 g/mol. The van der Waals surface area contributed by atoms with Crippen LogP contribution in [0.1, 0.15) is 34.1 Å². The van der Waals surface area contributed by atoms with Crippen molar-refractivity contribution in [3.8, 4) is 5.69 Å². The highest BCUT2D eigenvalue weighted by Crippen LogP contribution is 2.24. The number of carbonyl (C=O) groups excluding carboxylic acids is 1. The number of ether oxygens (including phenoxy) is 1. The van der Waals surface area contributed by atoms with E-state index in [1.54, 1.807) is 11.1 Å². The Balaban J connectivity index is 1.56. The average Bonchev–Trinajstić information content (AvgIpc) is 3.24. The number of amides is 1. The minimum Gasteiger partial charge on any atom is -0.378 e. The molecule has 2 heterocycles. The Bertz CT molecular complexity index is 1040. The van der Waals surface area contributed by atoms with Gasteiger partial charge in [-0.15, -0.1) is 0 Å². The molecule has 0 bridgehead atoms. The summed E-state index contributed by atoms with van der Waals surface area (Å²) in [4.78, 5) is 17.5. The fraction of sp³-hybridized carbons (Fsp3) is 0.360. The van der Waals surface area contributed by atoms with Gasteiger partial charge in [0.15, 0.2) is 0 Å². The Kier molecular flexibility index (Phi) is 6.37. The molecule has 0 radical (unpaired) electrons. The first-order chi connectivity index (χ1) is 15.1. The summed E-state index contributed by atoms with van der Waals surface area (Å²) in [5.41, 5.74) is 6.09. The van der Waals surface area contributed by atoms with E-state index in [0.29, 0.717) is 12.1 Å². The fourth-order valence-corrected chi connectivity index (χ4v) is 4.09. The molecule has 1 aromatic heterocycles. The number of anilines is 1. The van der Waals surface area contributed by atoms with E-state index in [2.05, 4.69) is 54.2 Å². The molecule has 162 valence electrons. The van der Waals surface area contributed by atoms with Gasteiger partial charge >= 0.3 is 0 Å². The minimum atomic E-state index is -0.00741. The van der Waals surface area contributed by atoms with E-state index in [0.717, 1.165) is 49.7 Å². The highest BCUT2D eigenvalue weighted by atomic mass is 16.5. The number of morpholine rings is 1. The van der Waals surface area contributed by atoms with Gasteiger partial charge in [0.2, 0.25) is 0 Å². The van der Waals surface area contributed by atoms with E-state index < -0.39 is 0 Å². The van der Waals surface area contributed by atoms with Crippen LogP contribution in [-0.4, -0.2) is 53.9 Å². The lowest BCUT2D eigenvalue weighted by molar-refractivity contribution is 0.0783. The van der Waals surface area contributed by atoms with E-state index in [1.165, 1.54) is 11.3 Å². The Labute approximate surface area is 184 Å². The maximum absolute atomic E-state index is 13.4. The van der Waals surface area contributed by atoms with E-state index in [9.17, 15) is 4.79 Å². The third-order valence-electron chi connectivity index (χ3n) is 5.81. The third-order valence-corrected chi connectivity index (χ3v) is 5.81. The summed E-state index contributed by atoms with van der Waals surface area (Å²) in [5, 5.41) is 4.54. The van der Waals surface area contributed by atoms with Crippen molar-refractivity contribution in [2.75, 3.05) is 38.3 Å². The van der Waals surface area contributed by atoms with E-state index in [-0.39, 0.29) is 5.91 Å². The van der Waals surface area contributed by atoms with Gasteiger partial charge in [0.05, 0.1) is 36.4 Å². The van der Waals surface area contributed by atoms with Crippen LogP contribution in [0.15, 0.2) is 54.7 Å². The molecule has 3 aromatic rings. The second-order valence-corrected chi connectivity index (χ2v) is 8.00. The first-order valence-corrected chi connectivity index (χ1v) is 10.9. The zero-order valence-electron chi connectivity index (χ0n) is 18.5. The summed E-state index contributed by atoms with van der Waals surface area (Å²) in [5.74, 6) is -0.00741. The number of benzene rings is 2. The Morgan fingerprint density at radius 2 is 1.81 bits per heavy atom. The van der Waals surface area contributed by atoms with Crippen molar-refractivity contribution in [3.63, 3.8) is 0 Å². The van der Waals surface area contributed by atoms with Crippen LogP contribution in [0.25, 0.3) is 5.69 Å². The van der Waals surface area contributed by atoms with Gasteiger partial charge in [-0.25, -0.2) is 4.68 Å². The smallest absolute Gasteiger partial charge is 0.257 e. The lowest BCUT2D eigenvalue weighted by Crippen LogP contribution is -2.37. The molecule has 0 spiro atoms. The maximum Gasteiger partial charge on any atom is 0.257 e. The summed E-state index contributed by atoms with van der Waals surface area (Å²) in [6.07, 6.45) is 2.43. The molecular formula is C25H30N4O2. The summed E-state index contributed by atoms with van der Waals surface area (Å²) in [6.45, 7) is 7.89.